The number of nitrogens with zero attached hydrogens (tertiary/aromatic N) is 1. The van der Waals surface area contributed by atoms with Crippen LogP contribution in [0.2, 0.25) is 5.02 Å². The van der Waals surface area contributed by atoms with Crippen molar-refractivity contribution >= 4 is 52.8 Å². The molecule has 0 saturated carbocycles. The first-order chi connectivity index (χ1) is 22.1. The van der Waals surface area contributed by atoms with Crippen LogP contribution in [0.5, 0.6) is 17.2 Å². The summed E-state index contributed by atoms with van der Waals surface area (Å²) in [4.78, 5) is 52.3. The SMILES string of the molecule is COc1cc(/C=C2/C(=O)NC(=O)N(c3ccc(OCc4ccccc4)cc3)C2=O)cc(Cl)c1OCC(=O)Nc1ccc(C)cc1C. The van der Waals surface area contributed by atoms with Gasteiger partial charge in [0.05, 0.1) is 17.8 Å². The summed E-state index contributed by atoms with van der Waals surface area (Å²) in [6.45, 7) is 3.85. The molecule has 5 amide bonds. The van der Waals surface area contributed by atoms with Gasteiger partial charge in [0.15, 0.2) is 18.1 Å². The number of hydrogen-bond acceptors (Lipinski definition) is 7. The fourth-order valence-corrected chi connectivity index (χ4v) is 5.01. The van der Waals surface area contributed by atoms with Crippen LogP contribution in [0.15, 0.2) is 90.5 Å². The molecule has 46 heavy (non-hydrogen) atoms. The second-order valence-corrected chi connectivity index (χ2v) is 10.8. The number of imide groups is 2. The van der Waals surface area contributed by atoms with E-state index in [1.54, 1.807) is 24.3 Å². The summed E-state index contributed by atoms with van der Waals surface area (Å²) in [5, 5.41) is 5.07. The van der Waals surface area contributed by atoms with E-state index in [1.165, 1.54) is 25.3 Å². The molecule has 4 aromatic rings. The Morgan fingerprint density at radius 3 is 2.37 bits per heavy atom. The average Bonchev–Trinajstić information content (AvgIpc) is 3.03. The molecule has 234 valence electrons. The van der Waals surface area contributed by atoms with Crippen molar-refractivity contribution in [2.45, 2.75) is 20.5 Å². The summed E-state index contributed by atoms with van der Waals surface area (Å²) in [5.41, 5.74) is 3.90. The zero-order valence-corrected chi connectivity index (χ0v) is 26.0. The molecule has 1 heterocycles. The van der Waals surface area contributed by atoms with Gasteiger partial charge in [-0.05, 0) is 79.1 Å². The van der Waals surface area contributed by atoms with Crippen molar-refractivity contribution in [1.29, 1.82) is 0 Å². The van der Waals surface area contributed by atoms with E-state index in [4.69, 9.17) is 25.8 Å². The molecular formula is C35H30ClN3O7. The van der Waals surface area contributed by atoms with E-state index in [2.05, 4.69) is 10.6 Å². The Labute approximate surface area is 270 Å². The Bertz CT molecular complexity index is 1840. The lowest BCUT2D eigenvalue weighted by molar-refractivity contribution is -0.122. The molecule has 0 spiro atoms. The maximum absolute atomic E-state index is 13.4. The van der Waals surface area contributed by atoms with Crippen LogP contribution in [0, 0.1) is 13.8 Å². The van der Waals surface area contributed by atoms with Crippen LogP contribution in [-0.2, 0) is 21.0 Å². The van der Waals surface area contributed by atoms with Crippen LogP contribution < -0.4 is 29.7 Å². The monoisotopic (exact) mass is 639 g/mol. The molecule has 0 aliphatic carbocycles. The first kappa shape index (κ1) is 31.8. The van der Waals surface area contributed by atoms with Crippen molar-refractivity contribution in [1.82, 2.24) is 5.32 Å². The maximum atomic E-state index is 13.4. The molecule has 0 unspecified atom stereocenters. The number of hydrogen-bond donors (Lipinski definition) is 2. The van der Waals surface area contributed by atoms with Crippen LogP contribution in [0.4, 0.5) is 16.2 Å². The van der Waals surface area contributed by atoms with E-state index in [9.17, 15) is 19.2 Å². The van der Waals surface area contributed by atoms with E-state index in [0.717, 1.165) is 21.6 Å². The number of amides is 5. The number of nitrogens with one attached hydrogen (secondary N) is 2. The number of urea groups is 1. The molecule has 1 saturated heterocycles. The van der Waals surface area contributed by atoms with Gasteiger partial charge in [0, 0.05) is 5.69 Å². The van der Waals surface area contributed by atoms with Crippen molar-refractivity contribution in [2.24, 2.45) is 0 Å². The molecule has 1 aliphatic rings. The summed E-state index contributed by atoms with van der Waals surface area (Å²) < 4.78 is 16.9. The summed E-state index contributed by atoms with van der Waals surface area (Å²) in [5.74, 6) is -1.29. The summed E-state index contributed by atoms with van der Waals surface area (Å²) in [6, 6.07) is 23.7. The minimum absolute atomic E-state index is 0.0770. The number of rotatable bonds is 10. The predicted molar refractivity (Wildman–Crippen MR) is 174 cm³/mol. The molecule has 1 aliphatic heterocycles. The van der Waals surface area contributed by atoms with Crippen LogP contribution in [-0.4, -0.2) is 37.5 Å². The Morgan fingerprint density at radius 1 is 0.935 bits per heavy atom. The standard InChI is InChI=1S/C35H30ClN3O7/c1-21-9-14-29(22(2)15-21)37-31(40)20-46-32-28(36)17-24(18-30(32)44-3)16-27-33(41)38-35(43)39(34(27)42)25-10-12-26(13-11-25)45-19-23-7-5-4-6-8-23/h4-18H,19-20H2,1-3H3,(H,37,40)(H,38,41,43)/b27-16-. The van der Waals surface area contributed by atoms with Crippen molar-refractivity contribution in [3.05, 3.63) is 118 Å². The second kappa shape index (κ2) is 14.0. The van der Waals surface area contributed by atoms with Crippen LogP contribution in [0.25, 0.3) is 6.08 Å². The maximum Gasteiger partial charge on any atom is 0.335 e. The van der Waals surface area contributed by atoms with Gasteiger partial charge in [0.2, 0.25) is 0 Å². The van der Waals surface area contributed by atoms with Gasteiger partial charge in [-0.25, -0.2) is 9.69 Å². The fourth-order valence-electron chi connectivity index (χ4n) is 4.73. The lowest BCUT2D eigenvalue weighted by Crippen LogP contribution is -2.54. The van der Waals surface area contributed by atoms with E-state index in [0.29, 0.717) is 23.6 Å². The van der Waals surface area contributed by atoms with Gasteiger partial charge in [-0.1, -0.05) is 59.6 Å². The molecule has 11 heteroatoms. The summed E-state index contributed by atoms with van der Waals surface area (Å²) in [7, 11) is 1.39. The summed E-state index contributed by atoms with van der Waals surface area (Å²) in [6.07, 6.45) is 1.29. The minimum Gasteiger partial charge on any atom is -0.493 e. The van der Waals surface area contributed by atoms with Crippen molar-refractivity contribution in [3.63, 3.8) is 0 Å². The first-order valence-corrected chi connectivity index (χ1v) is 14.6. The number of barbiturate groups is 1. The third-order valence-electron chi connectivity index (χ3n) is 7.01. The normalized spacial score (nSPS) is 13.8. The van der Waals surface area contributed by atoms with Gasteiger partial charge in [-0.3, -0.25) is 19.7 Å². The third-order valence-corrected chi connectivity index (χ3v) is 7.29. The number of halogens is 1. The highest BCUT2D eigenvalue weighted by Crippen LogP contribution is 2.37. The first-order valence-electron chi connectivity index (χ1n) is 14.2. The second-order valence-electron chi connectivity index (χ2n) is 10.4. The van der Waals surface area contributed by atoms with E-state index < -0.39 is 23.8 Å². The van der Waals surface area contributed by atoms with Gasteiger partial charge >= 0.3 is 6.03 Å². The number of ether oxygens (including phenoxy) is 3. The number of aryl methyl sites for hydroxylation is 2. The van der Waals surface area contributed by atoms with E-state index >= 15 is 0 Å². The molecule has 4 aromatic carbocycles. The van der Waals surface area contributed by atoms with Gasteiger partial charge in [0.1, 0.15) is 17.9 Å². The smallest absolute Gasteiger partial charge is 0.335 e. The molecule has 5 rings (SSSR count). The lowest BCUT2D eigenvalue weighted by Gasteiger charge is -2.26. The Balaban J connectivity index is 1.30. The highest BCUT2D eigenvalue weighted by molar-refractivity contribution is 6.39. The zero-order valence-electron chi connectivity index (χ0n) is 25.3. The van der Waals surface area contributed by atoms with Gasteiger partial charge in [-0.15, -0.1) is 0 Å². The van der Waals surface area contributed by atoms with E-state index in [-0.39, 0.29) is 34.4 Å². The molecule has 0 aromatic heterocycles. The van der Waals surface area contributed by atoms with Crippen molar-refractivity contribution in [2.75, 3.05) is 23.9 Å². The van der Waals surface area contributed by atoms with E-state index in [1.807, 2.05) is 62.4 Å². The Morgan fingerprint density at radius 2 is 1.67 bits per heavy atom. The molecule has 0 bridgehead atoms. The predicted octanol–water partition coefficient (Wildman–Crippen LogP) is 6.23. The molecule has 0 atom stereocenters. The summed E-state index contributed by atoms with van der Waals surface area (Å²) >= 11 is 6.49. The van der Waals surface area contributed by atoms with Crippen LogP contribution >= 0.6 is 11.6 Å². The molecule has 2 N–H and O–H groups in total. The van der Waals surface area contributed by atoms with Gasteiger partial charge < -0.3 is 19.5 Å². The van der Waals surface area contributed by atoms with Gasteiger partial charge in [-0.2, -0.15) is 0 Å². The average molecular weight is 640 g/mol. The van der Waals surface area contributed by atoms with Gasteiger partial charge in [0.25, 0.3) is 17.7 Å². The number of methoxy groups -OCH3 is 1. The Hall–Kier alpha value is -5.61. The Kier molecular flexibility index (Phi) is 9.68. The fraction of sp³-hybridized carbons (Fsp3) is 0.143. The third kappa shape index (κ3) is 7.36. The van der Waals surface area contributed by atoms with Crippen molar-refractivity contribution < 1.29 is 33.4 Å². The minimum atomic E-state index is -0.886. The molecule has 10 nitrogen and oxygen atoms in total. The molecule has 1 fully saturated rings. The van der Waals surface area contributed by atoms with Crippen molar-refractivity contribution in [3.8, 4) is 17.2 Å². The highest BCUT2D eigenvalue weighted by Gasteiger charge is 2.37. The largest absolute Gasteiger partial charge is 0.493 e. The topological polar surface area (TPSA) is 123 Å². The quantitative estimate of drug-likeness (QED) is 0.156. The molecule has 0 radical (unpaired) electrons. The number of benzene rings is 4. The van der Waals surface area contributed by atoms with Crippen LogP contribution in [0.1, 0.15) is 22.3 Å². The number of carbonyl (C=O) groups is 4. The van der Waals surface area contributed by atoms with Crippen LogP contribution in [0.3, 0.4) is 0 Å². The number of carbonyl (C=O) groups excluding carboxylic acids is 4. The number of anilines is 2. The highest BCUT2D eigenvalue weighted by atomic mass is 35.5. The molecular weight excluding hydrogens is 610 g/mol. The zero-order chi connectivity index (χ0) is 32.8. The lowest BCUT2D eigenvalue weighted by atomic mass is 10.1.